The van der Waals surface area contributed by atoms with Crippen LogP contribution < -0.4 is 4.90 Å². The Morgan fingerprint density at radius 3 is 2.11 bits per heavy atom. The molecule has 2 aromatic carbocycles. The Labute approximate surface area is 180 Å². The summed E-state index contributed by atoms with van der Waals surface area (Å²) in [6.45, 7) is 1.60. The zero-order valence-corrected chi connectivity index (χ0v) is 17.8. The average molecular weight is 481 g/mol. The SMILES string of the molecule is O=C1[C@H]2[C@@H](C(=O)N1c1c(Cl)cccc1Cl)N1CCCN1[C@@H]2c1ccc(Br)cc1. The number of fused-ring (bicyclic) bond motifs is 3. The Balaban J connectivity index is 1.62. The predicted octanol–water partition coefficient (Wildman–Crippen LogP) is 4.29. The maximum absolute atomic E-state index is 13.5. The number of hydrazine groups is 1. The first-order valence-electron chi connectivity index (χ1n) is 9.09. The van der Waals surface area contributed by atoms with Crippen LogP contribution in [-0.2, 0) is 9.59 Å². The first-order valence-corrected chi connectivity index (χ1v) is 10.6. The van der Waals surface area contributed by atoms with Crippen molar-refractivity contribution in [1.29, 1.82) is 0 Å². The number of hydrogen-bond acceptors (Lipinski definition) is 4. The first kappa shape index (κ1) is 18.6. The molecule has 0 radical (unpaired) electrons. The van der Waals surface area contributed by atoms with Gasteiger partial charge in [0.1, 0.15) is 6.04 Å². The lowest BCUT2D eigenvalue weighted by atomic mass is 9.90. The van der Waals surface area contributed by atoms with Gasteiger partial charge in [0, 0.05) is 17.6 Å². The number of anilines is 1. The molecule has 0 saturated carbocycles. The molecule has 3 fully saturated rings. The quantitative estimate of drug-likeness (QED) is 0.601. The molecule has 0 aromatic heterocycles. The predicted molar refractivity (Wildman–Crippen MR) is 111 cm³/mol. The lowest BCUT2D eigenvalue weighted by molar-refractivity contribution is -0.126. The van der Waals surface area contributed by atoms with Crippen molar-refractivity contribution in [1.82, 2.24) is 10.0 Å². The van der Waals surface area contributed by atoms with Crippen molar-refractivity contribution in [2.45, 2.75) is 18.5 Å². The van der Waals surface area contributed by atoms with E-state index in [2.05, 4.69) is 25.9 Å². The summed E-state index contributed by atoms with van der Waals surface area (Å²) in [6.07, 6.45) is 0.963. The standard InChI is InChI=1S/C20H16BrCl2N3O2/c21-12-7-5-11(6-8-12)16-15-18(25-10-2-9-24(16)25)20(28)26(19(15)27)17-13(22)3-1-4-14(17)23/h1,3-8,15-16,18H,2,9-10H2/t15-,16-,18+/m1/s1. The van der Waals surface area contributed by atoms with Crippen LogP contribution in [-0.4, -0.2) is 41.0 Å². The normalized spacial score (nSPS) is 27.5. The molecule has 0 bridgehead atoms. The van der Waals surface area contributed by atoms with Gasteiger partial charge in [-0.05, 0) is 36.2 Å². The van der Waals surface area contributed by atoms with Crippen LogP contribution >= 0.6 is 39.1 Å². The summed E-state index contributed by atoms with van der Waals surface area (Å²) < 4.78 is 0.974. The Bertz CT molecular complexity index is 964. The Morgan fingerprint density at radius 2 is 1.46 bits per heavy atom. The summed E-state index contributed by atoms with van der Waals surface area (Å²) in [7, 11) is 0. The molecule has 144 valence electrons. The molecule has 3 saturated heterocycles. The smallest absolute Gasteiger partial charge is 0.253 e. The second-order valence-corrected chi connectivity index (χ2v) is 8.96. The Kier molecular flexibility index (Phi) is 4.52. The van der Waals surface area contributed by atoms with Gasteiger partial charge < -0.3 is 0 Å². The molecular weight excluding hydrogens is 465 g/mol. The molecule has 2 aromatic rings. The minimum Gasteiger partial charge on any atom is -0.274 e. The molecule has 3 atom stereocenters. The number of rotatable bonds is 2. The number of carbonyl (C=O) groups excluding carboxylic acids is 2. The molecule has 8 heteroatoms. The maximum Gasteiger partial charge on any atom is 0.253 e. The van der Waals surface area contributed by atoms with E-state index in [0.29, 0.717) is 10.0 Å². The van der Waals surface area contributed by atoms with E-state index < -0.39 is 12.0 Å². The Hall–Kier alpha value is -1.44. The molecule has 0 spiro atoms. The van der Waals surface area contributed by atoms with Gasteiger partial charge in [0.05, 0.1) is 27.7 Å². The summed E-state index contributed by atoms with van der Waals surface area (Å²) in [6, 6.07) is 12.2. The molecule has 3 aliphatic rings. The second kappa shape index (κ2) is 6.82. The highest BCUT2D eigenvalue weighted by Gasteiger charge is 2.63. The van der Waals surface area contributed by atoms with E-state index in [1.807, 2.05) is 24.3 Å². The fourth-order valence-corrected chi connectivity index (χ4v) is 5.53. The number of nitrogens with zero attached hydrogens (tertiary/aromatic N) is 3. The molecule has 5 nitrogen and oxygen atoms in total. The third kappa shape index (κ3) is 2.59. The summed E-state index contributed by atoms with van der Waals surface area (Å²) in [5, 5.41) is 4.84. The van der Waals surface area contributed by atoms with Crippen molar-refractivity contribution >= 4 is 56.6 Å². The van der Waals surface area contributed by atoms with E-state index in [0.717, 1.165) is 29.5 Å². The highest BCUT2D eigenvalue weighted by Crippen LogP contribution is 2.50. The van der Waals surface area contributed by atoms with Gasteiger partial charge in [0.25, 0.3) is 5.91 Å². The summed E-state index contributed by atoms with van der Waals surface area (Å²) >= 11 is 16.1. The van der Waals surface area contributed by atoms with Gasteiger partial charge in [-0.25, -0.2) is 14.9 Å². The number of halogens is 3. The molecular formula is C20H16BrCl2N3O2. The number of imide groups is 1. The molecule has 5 rings (SSSR count). The summed E-state index contributed by atoms with van der Waals surface area (Å²) in [5.74, 6) is -0.981. The van der Waals surface area contributed by atoms with Crippen molar-refractivity contribution in [3.05, 3.63) is 62.5 Å². The van der Waals surface area contributed by atoms with E-state index in [1.165, 1.54) is 4.90 Å². The van der Waals surface area contributed by atoms with Gasteiger partial charge in [-0.15, -0.1) is 0 Å². The monoisotopic (exact) mass is 479 g/mol. The fourth-order valence-electron chi connectivity index (χ4n) is 4.70. The largest absolute Gasteiger partial charge is 0.274 e. The van der Waals surface area contributed by atoms with Crippen molar-refractivity contribution < 1.29 is 9.59 Å². The number of benzene rings is 2. The van der Waals surface area contributed by atoms with Gasteiger partial charge in [-0.2, -0.15) is 0 Å². The van der Waals surface area contributed by atoms with Crippen LogP contribution in [0.2, 0.25) is 10.0 Å². The number of amides is 2. The van der Waals surface area contributed by atoms with Crippen LogP contribution in [0.25, 0.3) is 0 Å². The van der Waals surface area contributed by atoms with E-state index in [1.54, 1.807) is 18.2 Å². The molecule has 28 heavy (non-hydrogen) atoms. The third-order valence-corrected chi connectivity index (χ3v) is 6.92. The summed E-state index contributed by atoms with van der Waals surface area (Å²) in [4.78, 5) is 28.1. The van der Waals surface area contributed by atoms with Crippen LogP contribution in [0.15, 0.2) is 46.9 Å². The fraction of sp³-hybridized carbons (Fsp3) is 0.300. The van der Waals surface area contributed by atoms with Gasteiger partial charge >= 0.3 is 0 Å². The van der Waals surface area contributed by atoms with Crippen LogP contribution in [0.5, 0.6) is 0 Å². The minimum absolute atomic E-state index is 0.177. The Morgan fingerprint density at radius 1 is 0.857 bits per heavy atom. The number of para-hydroxylation sites is 1. The number of hydrogen-bond donors (Lipinski definition) is 0. The highest BCUT2D eigenvalue weighted by molar-refractivity contribution is 9.10. The zero-order chi connectivity index (χ0) is 19.6. The molecule has 0 N–H and O–H groups in total. The summed E-state index contributed by atoms with van der Waals surface area (Å²) in [5.41, 5.74) is 1.31. The zero-order valence-electron chi connectivity index (χ0n) is 14.7. The molecule has 2 amide bonds. The van der Waals surface area contributed by atoms with E-state index >= 15 is 0 Å². The molecule has 3 aliphatic heterocycles. The minimum atomic E-state index is -0.518. The van der Waals surface area contributed by atoms with Crippen LogP contribution in [0.3, 0.4) is 0 Å². The van der Waals surface area contributed by atoms with Crippen molar-refractivity contribution in [3.63, 3.8) is 0 Å². The average Bonchev–Trinajstić information content (AvgIpc) is 3.30. The van der Waals surface area contributed by atoms with Crippen molar-refractivity contribution in [3.8, 4) is 0 Å². The van der Waals surface area contributed by atoms with E-state index in [-0.39, 0.29) is 23.5 Å². The van der Waals surface area contributed by atoms with Gasteiger partial charge in [-0.1, -0.05) is 57.3 Å². The third-order valence-electron chi connectivity index (χ3n) is 5.78. The lowest BCUT2D eigenvalue weighted by Gasteiger charge is -2.30. The highest BCUT2D eigenvalue weighted by atomic mass is 79.9. The maximum atomic E-state index is 13.5. The van der Waals surface area contributed by atoms with Gasteiger partial charge in [-0.3, -0.25) is 9.59 Å². The second-order valence-electron chi connectivity index (χ2n) is 7.23. The molecule has 0 unspecified atom stereocenters. The first-order chi connectivity index (χ1) is 13.5. The number of carbonyl (C=O) groups is 2. The van der Waals surface area contributed by atoms with Gasteiger partial charge in [0.15, 0.2) is 0 Å². The van der Waals surface area contributed by atoms with Crippen LogP contribution in [0.1, 0.15) is 18.0 Å². The van der Waals surface area contributed by atoms with Crippen molar-refractivity contribution in [2.75, 3.05) is 18.0 Å². The van der Waals surface area contributed by atoms with Crippen LogP contribution in [0, 0.1) is 5.92 Å². The van der Waals surface area contributed by atoms with Crippen LogP contribution in [0.4, 0.5) is 5.69 Å². The van der Waals surface area contributed by atoms with E-state index in [9.17, 15) is 9.59 Å². The molecule has 3 heterocycles. The van der Waals surface area contributed by atoms with E-state index in [4.69, 9.17) is 23.2 Å². The lowest BCUT2D eigenvalue weighted by Crippen LogP contribution is -2.44. The molecule has 0 aliphatic carbocycles. The van der Waals surface area contributed by atoms with Crippen molar-refractivity contribution in [2.24, 2.45) is 5.92 Å². The van der Waals surface area contributed by atoms with Gasteiger partial charge in [0.2, 0.25) is 5.91 Å². The topological polar surface area (TPSA) is 43.9 Å².